The standard InChI is InChI=1S/C20H31N3O2/c1-17-14-21(2)12-13-23(17)15-18-8-10-22(11-9-18)20(24)16-25-19-6-4-3-5-7-19/h3-7,17-18H,8-16H2,1-2H3/t17-/m1/s1. The van der Waals surface area contributed by atoms with Gasteiger partial charge in [0.15, 0.2) is 6.61 Å². The number of rotatable bonds is 5. The molecule has 0 saturated carbocycles. The van der Waals surface area contributed by atoms with Crippen molar-refractivity contribution in [1.29, 1.82) is 0 Å². The van der Waals surface area contributed by atoms with E-state index in [2.05, 4.69) is 23.8 Å². The number of carbonyl (C=O) groups excluding carboxylic acids is 1. The number of piperidine rings is 1. The monoisotopic (exact) mass is 345 g/mol. The number of para-hydroxylation sites is 1. The van der Waals surface area contributed by atoms with E-state index < -0.39 is 0 Å². The van der Waals surface area contributed by atoms with Gasteiger partial charge in [-0.1, -0.05) is 18.2 Å². The quantitative estimate of drug-likeness (QED) is 0.817. The summed E-state index contributed by atoms with van der Waals surface area (Å²) in [4.78, 5) is 19.3. The predicted octanol–water partition coefficient (Wildman–Crippen LogP) is 1.94. The third kappa shape index (κ3) is 5.19. The van der Waals surface area contributed by atoms with E-state index in [-0.39, 0.29) is 12.5 Å². The lowest BCUT2D eigenvalue weighted by molar-refractivity contribution is -0.134. The second-order valence-electron chi connectivity index (χ2n) is 7.53. The first-order valence-electron chi connectivity index (χ1n) is 9.50. The molecule has 1 aromatic rings. The van der Waals surface area contributed by atoms with E-state index >= 15 is 0 Å². The van der Waals surface area contributed by atoms with Crippen molar-refractivity contribution in [2.75, 3.05) is 52.9 Å². The molecule has 0 radical (unpaired) electrons. The Balaban J connectivity index is 1.38. The summed E-state index contributed by atoms with van der Waals surface area (Å²) in [6, 6.07) is 10.2. The van der Waals surface area contributed by atoms with Crippen LogP contribution in [0, 0.1) is 5.92 Å². The Morgan fingerprint density at radius 1 is 1.12 bits per heavy atom. The highest BCUT2D eigenvalue weighted by molar-refractivity contribution is 5.77. The van der Waals surface area contributed by atoms with Crippen LogP contribution in [0.3, 0.4) is 0 Å². The molecule has 0 spiro atoms. The fourth-order valence-corrected chi connectivity index (χ4v) is 3.90. The number of hydrogen-bond donors (Lipinski definition) is 0. The molecule has 138 valence electrons. The number of nitrogens with zero attached hydrogens (tertiary/aromatic N) is 3. The van der Waals surface area contributed by atoms with Crippen LogP contribution in [0.1, 0.15) is 19.8 Å². The number of amides is 1. The minimum absolute atomic E-state index is 0.107. The lowest BCUT2D eigenvalue weighted by Crippen LogP contribution is -2.52. The van der Waals surface area contributed by atoms with E-state index in [4.69, 9.17) is 4.74 Å². The Morgan fingerprint density at radius 2 is 1.84 bits per heavy atom. The van der Waals surface area contributed by atoms with Crippen LogP contribution in [0.5, 0.6) is 5.75 Å². The molecule has 3 rings (SSSR count). The van der Waals surface area contributed by atoms with Gasteiger partial charge in [0.25, 0.3) is 5.91 Å². The van der Waals surface area contributed by atoms with Crippen molar-refractivity contribution < 1.29 is 9.53 Å². The van der Waals surface area contributed by atoms with Gasteiger partial charge in [-0.05, 0) is 44.9 Å². The zero-order valence-corrected chi connectivity index (χ0v) is 15.6. The lowest BCUT2D eigenvalue weighted by atomic mass is 9.95. The first-order chi connectivity index (χ1) is 12.1. The molecule has 1 amide bonds. The van der Waals surface area contributed by atoms with Gasteiger partial charge in [0.1, 0.15) is 5.75 Å². The molecule has 5 nitrogen and oxygen atoms in total. The summed E-state index contributed by atoms with van der Waals surface area (Å²) >= 11 is 0. The molecular formula is C20H31N3O2. The van der Waals surface area contributed by atoms with Crippen molar-refractivity contribution in [3.63, 3.8) is 0 Å². The largest absolute Gasteiger partial charge is 0.484 e. The molecule has 0 aromatic heterocycles. The highest BCUT2D eigenvalue weighted by Crippen LogP contribution is 2.21. The summed E-state index contributed by atoms with van der Waals surface area (Å²) in [6.45, 7) is 8.87. The summed E-state index contributed by atoms with van der Waals surface area (Å²) in [5.74, 6) is 1.58. The van der Waals surface area contributed by atoms with Crippen LogP contribution in [0.4, 0.5) is 0 Å². The van der Waals surface area contributed by atoms with Gasteiger partial charge >= 0.3 is 0 Å². The zero-order valence-electron chi connectivity index (χ0n) is 15.6. The number of hydrogen-bond acceptors (Lipinski definition) is 4. The summed E-state index contributed by atoms with van der Waals surface area (Å²) < 4.78 is 5.59. The Morgan fingerprint density at radius 3 is 2.52 bits per heavy atom. The molecule has 1 aromatic carbocycles. The number of piperazine rings is 1. The van der Waals surface area contributed by atoms with Crippen molar-refractivity contribution in [3.8, 4) is 5.75 Å². The summed E-state index contributed by atoms with van der Waals surface area (Å²) in [5.41, 5.74) is 0. The fraction of sp³-hybridized carbons (Fsp3) is 0.650. The zero-order chi connectivity index (χ0) is 17.6. The van der Waals surface area contributed by atoms with Crippen LogP contribution in [0.15, 0.2) is 30.3 Å². The second kappa shape index (κ2) is 8.68. The number of carbonyl (C=O) groups is 1. The number of ether oxygens (including phenoxy) is 1. The van der Waals surface area contributed by atoms with Gasteiger partial charge in [-0.15, -0.1) is 0 Å². The minimum Gasteiger partial charge on any atom is -0.484 e. The van der Waals surface area contributed by atoms with Crippen molar-refractivity contribution in [1.82, 2.24) is 14.7 Å². The predicted molar refractivity (Wildman–Crippen MR) is 99.8 cm³/mol. The van der Waals surface area contributed by atoms with Crippen LogP contribution in [0.25, 0.3) is 0 Å². The van der Waals surface area contributed by atoms with E-state index in [1.54, 1.807) is 0 Å². The third-order valence-electron chi connectivity index (χ3n) is 5.53. The molecule has 2 saturated heterocycles. The lowest BCUT2D eigenvalue weighted by Gasteiger charge is -2.41. The maximum atomic E-state index is 12.3. The molecule has 0 bridgehead atoms. The fourth-order valence-electron chi connectivity index (χ4n) is 3.90. The summed E-state index contributed by atoms with van der Waals surface area (Å²) in [5, 5.41) is 0. The SMILES string of the molecule is C[C@@H]1CN(C)CCN1CC1CCN(C(=O)COc2ccccc2)CC1. The maximum absolute atomic E-state index is 12.3. The Bertz CT molecular complexity index is 543. The van der Waals surface area contributed by atoms with Crippen molar-refractivity contribution in [2.45, 2.75) is 25.8 Å². The van der Waals surface area contributed by atoms with Gasteiger partial charge in [-0.3, -0.25) is 9.69 Å². The van der Waals surface area contributed by atoms with E-state index in [9.17, 15) is 4.79 Å². The van der Waals surface area contributed by atoms with E-state index in [1.165, 1.54) is 19.6 Å². The highest BCUT2D eigenvalue weighted by atomic mass is 16.5. The summed E-state index contributed by atoms with van der Waals surface area (Å²) in [6.07, 6.45) is 2.21. The van der Waals surface area contributed by atoms with Crippen LogP contribution in [-0.2, 0) is 4.79 Å². The van der Waals surface area contributed by atoms with E-state index in [1.807, 2.05) is 35.2 Å². The molecule has 2 aliphatic rings. The average Bonchev–Trinajstić information content (AvgIpc) is 2.63. The molecule has 2 aliphatic heterocycles. The van der Waals surface area contributed by atoms with Crippen LogP contribution in [0.2, 0.25) is 0 Å². The molecule has 5 heteroatoms. The highest BCUT2D eigenvalue weighted by Gasteiger charge is 2.28. The number of likely N-dealkylation sites (tertiary alicyclic amines) is 1. The maximum Gasteiger partial charge on any atom is 0.260 e. The molecule has 1 atom stereocenters. The van der Waals surface area contributed by atoms with E-state index in [0.717, 1.165) is 38.2 Å². The number of likely N-dealkylation sites (N-methyl/N-ethyl adjacent to an activating group) is 1. The topological polar surface area (TPSA) is 36.0 Å². The van der Waals surface area contributed by atoms with Crippen LogP contribution in [-0.4, -0.2) is 79.6 Å². The van der Waals surface area contributed by atoms with Gasteiger partial charge in [0.2, 0.25) is 0 Å². The van der Waals surface area contributed by atoms with Gasteiger partial charge in [-0.2, -0.15) is 0 Å². The smallest absolute Gasteiger partial charge is 0.260 e. The average molecular weight is 345 g/mol. The van der Waals surface area contributed by atoms with Crippen molar-refractivity contribution in [3.05, 3.63) is 30.3 Å². The minimum atomic E-state index is 0.107. The van der Waals surface area contributed by atoms with Crippen molar-refractivity contribution >= 4 is 5.91 Å². The van der Waals surface area contributed by atoms with Crippen LogP contribution >= 0.6 is 0 Å². The molecule has 2 heterocycles. The molecule has 25 heavy (non-hydrogen) atoms. The van der Waals surface area contributed by atoms with Crippen LogP contribution < -0.4 is 4.74 Å². The Labute approximate surface area is 151 Å². The second-order valence-corrected chi connectivity index (χ2v) is 7.53. The molecule has 0 N–H and O–H groups in total. The van der Waals surface area contributed by atoms with Gasteiger partial charge < -0.3 is 14.5 Å². The molecular weight excluding hydrogens is 314 g/mol. The Kier molecular flexibility index (Phi) is 6.32. The number of benzene rings is 1. The Hall–Kier alpha value is -1.59. The van der Waals surface area contributed by atoms with Gasteiger partial charge in [-0.25, -0.2) is 0 Å². The summed E-state index contributed by atoms with van der Waals surface area (Å²) in [7, 11) is 2.20. The van der Waals surface area contributed by atoms with E-state index in [0.29, 0.717) is 12.0 Å². The van der Waals surface area contributed by atoms with Gasteiger partial charge in [0.05, 0.1) is 0 Å². The first kappa shape index (κ1) is 18.2. The van der Waals surface area contributed by atoms with Crippen molar-refractivity contribution in [2.24, 2.45) is 5.92 Å². The molecule has 0 aliphatic carbocycles. The first-order valence-corrected chi connectivity index (χ1v) is 9.50. The third-order valence-corrected chi connectivity index (χ3v) is 5.53. The van der Waals surface area contributed by atoms with Gasteiger partial charge in [0, 0.05) is 45.3 Å². The molecule has 0 unspecified atom stereocenters. The molecule has 2 fully saturated rings. The normalized spacial score (nSPS) is 23.6.